The first-order valence-electron chi connectivity index (χ1n) is 5.88. The highest BCUT2D eigenvalue weighted by molar-refractivity contribution is 5.44. The van der Waals surface area contributed by atoms with E-state index in [1.807, 2.05) is 18.2 Å². The van der Waals surface area contributed by atoms with Crippen molar-refractivity contribution in [2.45, 2.75) is 12.7 Å². The van der Waals surface area contributed by atoms with Crippen LogP contribution in [-0.2, 0) is 16.1 Å². The number of rotatable bonds is 4. The molecular formula is C14H17NO3. The van der Waals surface area contributed by atoms with Gasteiger partial charge in [0, 0.05) is 11.1 Å². The maximum atomic E-state index is 5.69. The third-order valence-corrected chi connectivity index (χ3v) is 2.70. The summed E-state index contributed by atoms with van der Waals surface area (Å²) in [6, 6.07) is 5.79. The lowest BCUT2D eigenvalue weighted by Gasteiger charge is -2.26. The molecule has 1 aliphatic rings. The Kier molecular flexibility index (Phi) is 4.59. The van der Waals surface area contributed by atoms with Crippen LogP contribution in [0.15, 0.2) is 18.2 Å². The molecule has 0 unspecified atom stereocenters. The van der Waals surface area contributed by atoms with Gasteiger partial charge in [0.2, 0.25) is 0 Å². The van der Waals surface area contributed by atoms with Gasteiger partial charge in [0.25, 0.3) is 0 Å². The zero-order valence-electron chi connectivity index (χ0n) is 10.4. The molecule has 0 atom stereocenters. The summed E-state index contributed by atoms with van der Waals surface area (Å²) >= 11 is 0. The van der Waals surface area contributed by atoms with E-state index in [4.69, 9.17) is 19.9 Å². The molecule has 0 spiro atoms. The number of ether oxygens (including phenoxy) is 3. The SMILES string of the molecule is COc1ccc(C#CCN)cc1COC1COC1. The van der Waals surface area contributed by atoms with Crippen LogP contribution >= 0.6 is 0 Å². The molecule has 0 aromatic heterocycles. The maximum absolute atomic E-state index is 5.69. The smallest absolute Gasteiger partial charge is 0.124 e. The number of hydrogen-bond donors (Lipinski definition) is 1. The summed E-state index contributed by atoms with van der Waals surface area (Å²) in [4.78, 5) is 0. The van der Waals surface area contributed by atoms with Crippen LogP contribution < -0.4 is 10.5 Å². The molecule has 0 aliphatic carbocycles. The van der Waals surface area contributed by atoms with Crippen LogP contribution in [0.4, 0.5) is 0 Å². The van der Waals surface area contributed by atoms with E-state index < -0.39 is 0 Å². The molecule has 0 amide bonds. The van der Waals surface area contributed by atoms with Gasteiger partial charge in [0.15, 0.2) is 0 Å². The van der Waals surface area contributed by atoms with Crippen molar-refractivity contribution in [2.75, 3.05) is 26.9 Å². The normalized spacial score (nSPS) is 14.6. The van der Waals surface area contributed by atoms with Gasteiger partial charge in [0.05, 0.1) is 33.5 Å². The van der Waals surface area contributed by atoms with E-state index in [-0.39, 0.29) is 6.10 Å². The fourth-order valence-corrected chi connectivity index (χ4v) is 1.64. The fraction of sp³-hybridized carbons (Fsp3) is 0.429. The molecular weight excluding hydrogens is 230 g/mol. The Labute approximate surface area is 107 Å². The van der Waals surface area contributed by atoms with Gasteiger partial charge in [-0.15, -0.1) is 0 Å². The van der Waals surface area contributed by atoms with E-state index in [2.05, 4.69) is 11.8 Å². The first kappa shape index (κ1) is 12.9. The highest BCUT2D eigenvalue weighted by Gasteiger charge is 2.19. The maximum Gasteiger partial charge on any atom is 0.124 e. The first-order valence-corrected chi connectivity index (χ1v) is 5.88. The molecule has 1 fully saturated rings. The molecule has 4 heteroatoms. The van der Waals surface area contributed by atoms with Gasteiger partial charge in [-0.3, -0.25) is 0 Å². The van der Waals surface area contributed by atoms with Crippen LogP contribution in [0.25, 0.3) is 0 Å². The number of nitrogens with two attached hydrogens (primary N) is 1. The molecule has 0 saturated carbocycles. The van der Waals surface area contributed by atoms with E-state index in [1.165, 1.54) is 0 Å². The van der Waals surface area contributed by atoms with Gasteiger partial charge in [-0.05, 0) is 18.2 Å². The van der Waals surface area contributed by atoms with Gasteiger partial charge in [-0.25, -0.2) is 0 Å². The Bertz CT molecular complexity index is 458. The molecule has 1 heterocycles. The molecule has 2 rings (SSSR count). The molecule has 1 aromatic rings. The summed E-state index contributed by atoms with van der Waals surface area (Å²) in [7, 11) is 1.65. The Hall–Kier alpha value is -1.54. The van der Waals surface area contributed by atoms with Gasteiger partial charge in [-0.1, -0.05) is 11.8 Å². The van der Waals surface area contributed by atoms with E-state index in [9.17, 15) is 0 Å². The van der Waals surface area contributed by atoms with E-state index >= 15 is 0 Å². The van der Waals surface area contributed by atoms with Gasteiger partial charge in [0.1, 0.15) is 11.9 Å². The fourth-order valence-electron chi connectivity index (χ4n) is 1.64. The molecule has 0 radical (unpaired) electrons. The monoisotopic (exact) mass is 247 g/mol. The number of hydrogen-bond acceptors (Lipinski definition) is 4. The van der Waals surface area contributed by atoms with E-state index in [1.54, 1.807) is 7.11 Å². The summed E-state index contributed by atoms with van der Waals surface area (Å²) in [5.41, 5.74) is 7.27. The number of methoxy groups -OCH3 is 1. The lowest BCUT2D eigenvalue weighted by molar-refractivity contribution is -0.135. The summed E-state index contributed by atoms with van der Waals surface area (Å²) in [6.45, 7) is 2.22. The Balaban J connectivity index is 2.08. The van der Waals surface area contributed by atoms with Crippen LogP contribution in [0, 0.1) is 11.8 Å². The van der Waals surface area contributed by atoms with E-state index in [0.717, 1.165) is 16.9 Å². The Morgan fingerprint density at radius 1 is 1.44 bits per heavy atom. The third-order valence-electron chi connectivity index (χ3n) is 2.70. The second kappa shape index (κ2) is 6.41. The largest absolute Gasteiger partial charge is 0.496 e. The minimum atomic E-state index is 0.202. The zero-order chi connectivity index (χ0) is 12.8. The molecule has 4 nitrogen and oxygen atoms in total. The summed E-state index contributed by atoms with van der Waals surface area (Å²) in [6.07, 6.45) is 0.202. The van der Waals surface area contributed by atoms with Gasteiger partial charge >= 0.3 is 0 Å². The zero-order valence-corrected chi connectivity index (χ0v) is 10.4. The van der Waals surface area contributed by atoms with Gasteiger partial charge in [-0.2, -0.15) is 0 Å². The van der Waals surface area contributed by atoms with Crippen molar-refractivity contribution in [1.29, 1.82) is 0 Å². The standard InChI is InChI=1S/C14H17NO3/c1-16-14-5-4-11(3-2-6-15)7-12(14)8-18-13-9-17-10-13/h4-5,7,13H,6,8-10,15H2,1H3. The molecule has 1 aliphatic heterocycles. The lowest BCUT2D eigenvalue weighted by Crippen LogP contribution is -2.35. The van der Waals surface area contributed by atoms with E-state index in [0.29, 0.717) is 26.4 Å². The summed E-state index contributed by atoms with van der Waals surface area (Å²) in [5, 5.41) is 0. The van der Waals surface area contributed by atoms with Crippen molar-refractivity contribution in [1.82, 2.24) is 0 Å². The summed E-state index contributed by atoms with van der Waals surface area (Å²) < 4.78 is 16.1. The lowest BCUT2D eigenvalue weighted by atomic mass is 10.1. The van der Waals surface area contributed by atoms with Gasteiger partial charge < -0.3 is 19.9 Å². The third kappa shape index (κ3) is 3.23. The molecule has 2 N–H and O–H groups in total. The van der Waals surface area contributed by atoms with Crippen molar-refractivity contribution in [2.24, 2.45) is 5.73 Å². The highest BCUT2D eigenvalue weighted by Crippen LogP contribution is 2.21. The predicted octanol–water partition coefficient (Wildman–Crippen LogP) is 0.921. The van der Waals surface area contributed by atoms with Crippen LogP contribution in [0.3, 0.4) is 0 Å². The Morgan fingerprint density at radius 2 is 2.28 bits per heavy atom. The van der Waals surface area contributed by atoms with Crippen LogP contribution in [-0.4, -0.2) is 33.0 Å². The second-order valence-electron chi connectivity index (χ2n) is 4.00. The number of benzene rings is 1. The van der Waals surface area contributed by atoms with Crippen molar-refractivity contribution < 1.29 is 14.2 Å². The van der Waals surface area contributed by atoms with Crippen molar-refractivity contribution >= 4 is 0 Å². The molecule has 18 heavy (non-hydrogen) atoms. The minimum absolute atomic E-state index is 0.202. The van der Waals surface area contributed by atoms with Crippen LogP contribution in [0.5, 0.6) is 5.75 Å². The second-order valence-corrected chi connectivity index (χ2v) is 4.00. The molecule has 1 saturated heterocycles. The quantitative estimate of drug-likeness (QED) is 0.804. The molecule has 96 valence electrons. The molecule has 1 aromatic carbocycles. The van der Waals surface area contributed by atoms with Crippen LogP contribution in [0.1, 0.15) is 11.1 Å². The molecule has 0 bridgehead atoms. The predicted molar refractivity (Wildman–Crippen MR) is 68.3 cm³/mol. The Morgan fingerprint density at radius 3 is 2.89 bits per heavy atom. The highest BCUT2D eigenvalue weighted by atomic mass is 16.6. The summed E-state index contributed by atoms with van der Waals surface area (Å²) in [5.74, 6) is 6.65. The average Bonchev–Trinajstić information content (AvgIpc) is 2.34. The van der Waals surface area contributed by atoms with Crippen LogP contribution in [0.2, 0.25) is 0 Å². The van der Waals surface area contributed by atoms with Crippen molar-refractivity contribution in [3.63, 3.8) is 0 Å². The first-order chi connectivity index (χ1) is 8.83. The topological polar surface area (TPSA) is 53.7 Å². The van der Waals surface area contributed by atoms with Crippen molar-refractivity contribution in [3.05, 3.63) is 29.3 Å². The van der Waals surface area contributed by atoms with Crippen molar-refractivity contribution in [3.8, 4) is 17.6 Å². The average molecular weight is 247 g/mol. The minimum Gasteiger partial charge on any atom is -0.496 e.